The maximum atomic E-state index is 9.60. The van der Waals surface area contributed by atoms with Gasteiger partial charge in [-0.25, -0.2) is 0 Å². The Kier molecular flexibility index (Phi) is 2.02. The van der Waals surface area contributed by atoms with Crippen LogP contribution in [0.3, 0.4) is 0 Å². The van der Waals surface area contributed by atoms with Gasteiger partial charge in [-0.1, -0.05) is 13.3 Å². The summed E-state index contributed by atoms with van der Waals surface area (Å²) in [5, 5.41) is 18.6. The van der Waals surface area contributed by atoms with E-state index in [0.717, 1.165) is 12.8 Å². The van der Waals surface area contributed by atoms with Crippen LogP contribution in [0.2, 0.25) is 0 Å². The van der Waals surface area contributed by atoms with E-state index >= 15 is 0 Å². The third kappa shape index (κ3) is 1.50. The zero-order valence-corrected chi connectivity index (χ0v) is 6.67. The summed E-state index contributed by atoms with van der Waals surface area (Å²) < 4.78 is 0. The molecule has 0 aromatic rings. The lowest BCUT2D eigenvalue weighted by Crippen LogP contribution is -2.18. The lowest BCUT2D eigenvalue weighted by atomic mass is 10.1. The second-order valence-electron chi connectivity index (χ2n) is 3.47. The van der Waals surface area contributed by atoms with Crippen molar-refractivity contribution in [2.24, 2.45) is 5.92 Å². The summed E-state index contributed by atoms with van der Waals surface area (Å²) >= 11 is 0. The van der Waals surface area contributed by atoms with Crippen molar-refractivity contribution in [1.82, 2.24) is 0 Å². The number of hydrogen-bond donors (Lipinski definition) is 2. The molecule has 0 bridgehead atoms. The van der Waals surface area contributed by atoms with Gasteiger partial charge in [-0.15, -0.1) is 0 Å². The number of rotatable bonds is 3. The van der Waals surface area contributed by atoms with E-state index in [9.17, 15) is 5.11 Å². The molecule has 0 heterocycles. The fourth-order valence-electron chi connectivity index (χ4n) is 1.65. The van der Waals surface area contributed by atoms with Gasteiger partial charge >= 0.3 is 0 Å². The highest BCUT2D eigenvalue weighted by atomic mass is 16.3. The standard InChI is InChI=1S/C8H16O2/c1-3-7-5-8(7,10)4-6(2)9/h6-7,9-10H,3-5H2,1-2H3/t6?,7-,8-/m1/s1. The third-order valence-electron chi connectivity index (χ3n) is 2.34. The van der Waals surface area contributed by atoms with E-state index in [-0.39, 0.29) is 6.10 Å². The van der Waals surface area contributed by atoms with Crippen LogP contribution in [0.4, 0.5) is 0 Å². The minimum absolute atomic E-state index is 0.360. The molecule has 1 rings (SSSR count). The van der Waals surface area contributed by atoms with Gasteiger partial charge in [0.25, 0.3) is 0 Å². The van der Waals surface area contributed by atoms with Crippen molar-refractivity contribution in [2.45, 2.75) is 44.8 Å². The smallest absolute Gasteiger partial charge is 0.0704 e. The summed E-state index contributed by atoms with van der Waals surface area (Å²) in [6.07, 6.45) is 2.10. The van der Waals surface area contributed by atoms with Crippen LogP contribution in [-0.4, -0.2) is 21.9 Å². The summed E-state index contributed by atoms with van der Waals surface area (Å²) in [5.41, 5.74) is -0.511. The van der Waals surface area contributed by atoms with Gasteiger partial charge in [0.05, 0.1) is 11.7 Å². The maximum Gasteiger partial charge on any atom is 0.0704 e. The van der Waals surface area contributed by atoms with Gasteiger partial charge in [0.2, 0.25) is 0 Å². The number of aliphatic hydroxyl groups is 2. The van der Waals surface area contributed by atoms with Crippen molar-refractivity contribution in [2.75, 3.05) is 0 Å². The molecule has 2 heteroatoms. The number of aliphatic hydroxyl groups excluding tert-OH is 1. The molecule has 0 aromatic carbocycles. The van der Waals surface area contributed by atoms with Gasteiger partial charge in [-0.2, -0.15) is 0 Å². The molecule has 2 N–H and O–H groups in total. The van der Waals surface area contributed by atoms with Crippen LogP contribution >= 0.6 is 0 Å². The SMILES string of the molecule is CC[C@@H]1C[C@]1(O)CC(C)O. The first-order valence-electron chi connectivity index (χ1n) is 3.99. The minimum Gasteiger partial charge on any atom is -0.393 e. The van der Waals surface area contributed by atoms with Crippen LogP contribution in [0.15, 0.2) is 0 Å². The Bertz CT molecular complexity index is 122. The van der Waals surface area contributed by atoms with Crippen molar-refractivity contribution >= 4 is 0 Å². The Morgan fingerprint density at radius 2 is 2.30 bits per heavy atom. The summed E-state index contributed by atoms with van der Waals surface area (Å²) in [7, 11) is 0. The van der Waals surface area contributed by atoms with Gasteiger partial charge in [-0.05, 0) is 19.3 Å². The molecule has 1 saturated carbocycles. The van der Waals surface area contributed by atoms with E-state index in [1.165, 1.54) is 0 Å². The monoisotopic (exact) mass is 144 g/mol. The topological polar surface area (TPSA) is 40.5 Å². The summed E-state index contributed by atoms with van der Waals surface area (Å²) in [6.45, 7) is 3.80. The Hall–Kier alpha value is -0.0800. The van der Waals surface area contributed by atoms with Crippen molar-refractivity contribution in [1.29, 1.82) is 0 Å². The van der Waals surface area contributed by atoms with Crippen LogP contribution in [-0.2, 0) is 0 Å². The third-order valence-corrected chi connectivity index (χ3v) is 2.34. The Labute approximate surface area is 61.9 Å². The van der Waals surface area contributed by atoms with Crippen LogP contribution in [0, 0.1) is 5.92 Å². The first-order valence-corrected chi connectivity index (χ1v) is 3.99. The minimum atomic E-state index is -0.511. The molecule has 60 valence electrons. The summed E-state index contributed by atoms with van der Waals surface area (Å²) in [4.78, 5) is 0. The van der Waals surface area contributed by atoms with E-state index in [1.54, 1.807) is 6.92 Å². The first-order chi connectivity index (χ1) is 4.58. The van der Waals surface area contributed by atoms with E-state index in [4.69, 9.17) is 5.11 Å². The molecule has 0 spiro atoms. The van der Waals surface area contributed by atoms with E-state index in [0.29, 0.717) is 12.3 Å². The molecule has 0 saturated heterocycles. The van der Waals surface area contributed by atoms with Gasteiger partial charge < -0.3 is 10.2 Å². The summed E-state index contributed by atoms with van der Waals surface area (Å²) in [6, 6.07) is 0. The van der Waals surface area contributed by atoms with Crippen LogP contribution in [0.5, 0.6) is 0 Å². The van der Waals surface area contributed by atoms with Gasteiger partial charge in [0.15, 0.2) is 0 Å². The molecule has 1 aliphatic rings. The number of hydrogen-bond acceptors (Lipinski definition) is 2. The first kappa shape index (κ1) is 8.02. The van der Waals surface area contributed by atoms with Crippen molar-refractivity contribution in [3.63, 3.8) is 0 Å². The van der Waals surface area contributed by atoms with Gasteiger partial charge in [-0.3, -0.25) is 0 Å². The molecule has 1 unspecified atom stereocenters. The van der Waals surface area contributed by atoms with E-state index < -0.39 is 5.60 Å². The molecule has 0 amide bonds. The second kappa shape index (κ2) is 2.51. The molecule has 1 fully saturated rings. The van der Waals surface area contributed by atoms with Crippen LogP contribution in [0.25, 0.3) is 0 Å². The fraction of sp³-hybridized carbons (Fsp3) is 1.00. The molecule has 2 nitrogen and oxygen atoms in total. The molecule has 0 radical (unpaired) electrons. The van der Waals surface area contributed by atoms with E-state index in [1.807, 2.05) is 0 Å². The van der Waals surface area contributed by atoms with Crippen molar-refractivity contribution in [3.8, 4) is 0 Å². The highest BCUT2D eigenvalue weighted by Gasteiger charge is 2.51. The molecule has 1 aliphatic carbocycles. The zero-order valence-electron chi connectivity index (χ0n) is 6.67. The predicted octanol–water partition coefficient (Wildman–Crippen LogP) is 0.918. The van der Waals surface area contributed by atoms with Gasteiger partial charge in [0.1, 0.15) is 0 Å². The highest BCUT2D eigenvalue weighted by Crippen LogP contribution is 2.48. The normalized spacial score (nSPS) is 41.4. The van der Waals surface area contributed by atoms with Crippen molar-refractivity contribution < 1.29 is 10.2 Å². The molecule has 10 heavy (non-hydrogen) atoms. The summed E-state index contributed by atoms with van der Waals surface area (Å²) in [5.74, 6) is 0.446. The Balaban J connectivity index is 2.29. The predicted molar refractivity (Wildman–Crippen MR) is 39.6 cm³/mol. The molecule has 0 aliphatic heterocycles. The Morgan fingerprint density at radius 1 is 1.70 bits per heavy atom. The molecule has 3 atom stereocenters. The largest absolute Gasteiger partial charge is 0.393 e. The molecular formula is C8H16O2. The lowest BCUT2D eigenvalue weighted by Gasteiger charge is -2.10. The van der Waals surface area contributed by atoms with Crippen LogP contribution < -0.4 is 0 Å². The quantitative estimate of drug-likeness (QED) is 0.618. The average molecular weight is 144 g/mol. The Morgan fingerprint density at radius 3 is 2.60 bits per heavy atom. The second-order valence-corrected chi connectivity index (χ2v) is 3.47. The van der Waals surface area contributed by atoms with Crippen LogP contribution in [0.1, 0.15) is 33.1 Å². The van der Waals surface area contributed by atoms with E-state index in [2.05, 4.69) is 6.92 Å². The fourth-order valence-corrected chi connectivity index (χ4v) is 1.65. The lowest BCUT2D eigenvalue weighted by molar-refractivity contribution is 0.0610. The average Bonchev–Trinajstić information content (AvgIpc) is 2.39. The zero-order chi connectivity index (χ0) is 7.78. The van der Waals surface area contributed by atoms with Crippen molar-refractivity contribution in [3.05, 3.63) is 0 Å². The molecule has 0 aromatic heterocycles. The van der Waals surface area contributed by atoms with Gasteiger partial charge in [0, 0.05) is 6.42 Å². The maximum absolute atomic E-state index is 9.60. The molecular weight excluding hydrogens is 128 g/mol. The highest BCUT2D eigenvalue weighted by molar-refractivity contribution is 5.03.